The lowest BCUT2D eigenvalue weighted by Crippen LogP contribution is -1.85. The summed E-state index contributed by atoms with van der Waals surface area (Å²) in [6, 6.07) is 17.8. The summed E-state index contributed by atoms with van der Waals surface area (Å²) in [7, 11) is 0. The first kappa shape index (κ1) is 13.0. The molecule has 2 nitrogen and oxygen atoms in total. The van der Waals surface area contributed by atoms with Crippen molar-refractivity contribution in [1.29, 1.82) is 5.26 Å². The SMILES string of the molecule is CCCc1ccc(/C=N/c2ccc(C#N)cc2)cc1. The number of hydrogen-bond donors (Lipinski definition) is 0. The van der Waals surface area contributed by atoms with Crippen molar-refractivity contribution in [3.05, 3.63) is 65.2 Å². The highest BCUT2D eigenvalue weighted by Crippen LogP contribution is 2.13. The maximum Gasteiger partial charge on any atom is 0.0991 e. The zero-order chi connectivity index (χ0) is 13.5. The van der Waals surface area contributed by atoms with Gasteiger partial charge in [-0.05, 0) is 41.8 Å². The summed E-state index contributed by atoms with van der Waals surface area (Å²) in [4.78, 5) is 4.39. The Bertz CT molecular complexity index is 587. The van der Waals surface area contributed by atoms with E-state index in [2.05, 4.69) is 42.3 Å². The third-order valence-electron chi connectivity index (χ3n) is 2.88. The molecule has 0 unspecified atom stereocenters. The van der Waals surface area contributed by atoms with Crippen LogP contribution in [0.3, 0.4) is 0 Å². The topological polar surface area (TPSA) is 36.1 Å². The van der Waals surface area contributed by atoms with E-state index in [4.69, 9.17) is 5.26 Å². The van der Waals surface area contributed by atoms with Crippen LogP contribution < -0.4 is 0 Å². The maximum absolute atomic E-state index is 8.72. The van der Waals surface area contributed by atoms with Gasteiger partial charge in [-0.2, -0.15) is 5.26 Å². The van der Waals surface area contributed by atoms with Crippen molar-refractivity contribution in [2.24, 2.45) is 4.99 Å². The minimum absolute atomic E-state index is 0.655. The number of hydrogen-bond acceptors (Lipinski definition) is 2. The van der Waals surface area contributed by atoms with Crippen molar-refractivity contribution >= 4 is 11.9 Å². The van der Waals surface area contributed by atoms with Crippen molar-refractivity contribution in [2.75, 3.05) is 0 Å². The first-order valence-electron chi connectivity index (χ1n) is 6.45. The molecule has 0 aliphatic heterocycles. The fourth-order valence-corrected chi connectivity index (χ4v) is 1.83. The zero-order valence-electron chi connectivity index (χ0n) is 11.0. The highest BCUT2D eigenvalue weighted by atomic mass is 14.7. The summed E-state index contributed by atoms with van der Waals surface area (Å²) in [5.74, 6) is 0. The van der Waals surface area contributed by atoms with Crippen LogP contribution in [0.2, 0.25) is 0 Å². The van der Waals surface area contributed by atoms with Gasteiger partial charge in [0.1, 0.15) is 0 Å². The smallest absolute Gasteiger partial charge is 0.0991 e. The summed E-state index contributed by atoms with van der Waals surface area (Å²) in [6.45, 7) is 2.18. The molecule has 2 heteroatoms. The van der Waals surface area contributed by atoms with Crippen molar-refractivity contribution in [3.8, 4) is 6.07 Å². The van der Waals surface area contributed by atoms with Gasteiger partial charge >= 0.3 is 0 Å². The number of nitriles is 1. The molecule has 0 atom stereocenters. The molecule has 0 bridgehead atoms. The number of benzene rings is 2. The van der Waals surface area contributed by atoms with Crippen molar-refractivity contribution in [2.45, 2.75) is 19.8 Å². The molecule has 0 spiro atoms. The minimum atomic E-state index is 0.655. The third kappa shape index (κ3) is 3.79. The quantitative estimate of drug-likeness (QED) is 0.744. The lowest BCUT2D eigenvalue weighted by atomic mass is 10.1. The van der Waals surface area contributed by atoms with Gasteiger partial charge in [0.05, 0.1) is 17.3 Å². The van der Waals surface area contributed by atoms with Crippen LogP contribution in [0.15, 0.2) is 53.5 Å². The van der Waals surface area contributed by atoms with E-state index >= 15 is 0 Å². The monoisotopic (exact) mass is 248 g/mol. The fourth-order valence-electron chi connectivity index (χ4n) is 1.83. The Hall–Kier alpha value is -2.40. The van der Waals surface area contributed by atoms with Crippen molar-refractivity contribution in [3.63, 3.8) is 0 Å². The second-order valence-corrected chi connectivity index (χ2v) is 4.41. The van der Waals surface area contributed by atoms with Crippen molar-refractivity contribution < 1.29 is 0 Å². The lowest BCUT2D eigenvalue weighted by molar-refractivity contribution is 0.922. The molecule has 0 saturated heterocycles. The Kier molecular flexibility index (Phi) is 4.47. The van der Waals surface area contributed by atoms with Gasteiger partial charge in [-0.1, -0.05) is 37.6 Å². The number of rotatable bonds is 4. The van der Waals surface area contributed by atoms with E-state index in [-0.39, 0.29) is 0 Å². The standard InChI is InChI=1S/C17H16N2/c1-2-3-14-4-6-16(7-5-14)13-19-17-10-8-15(12-18)9-11-17/h4-11,13H,2-3H2,1H3/b19-13+. The Morgan fingerprint density at radius 1 is 1.05 bits per heavy atom. The average molecular weight is 248 g/mol. The van der Waals surface area contributed by atoms with Crippen LogP contribution in [0.5, 0.6) is 0 Å². The summed E-state index contributed by atoms with van der Waals surface area (Å²) in [6.07, 6.45) is 4.13. The molecule has 0 fully saturated rings. The predicted octanol–water partition coefficient (Wildman–Crippen LogP) is 4.26. The van der Waals surface area contributed by atoms with Crippen LogP contribution in [-0.4, -0.2) is 6.21 Å². The second kappa shape index (κ2) is 6.51. The van der Waals surface area contributed by atoms with Crippen LogP contribution in [0.4, 0.5) is 5.69 Å². The van der Waals surface area contributed by atoms with Gasteiger partial charge in [-0.25, -0.2) is 0 Å². The first-order valence-corrected chi connectivity index (χ1v) is 6.45. The van der Waals surface area contributed by atoms with E-state index in [0.29, 0.717) is 5.56 Å². The molecule has 2 aromatic rings. The summed E-state index contributed by atoms with van der Waals surface area (Å²) in [5.41, 5.74) is 3.96. The van der Waals surface area contributed by atoms with Crippen LogP contribution in [0.1, 0.15) is 30.0 Å². The average Bonchev–Trinajstić information content (AvgIpc) is 2.47. The summed E-state index contributed by atoms with van der Waals surface area (Å²) in [5, 5.41) is 8.72. The van der Waals surface area contributed by atoms with Gasteiger partial charge < -0.3 is 0 Å². The number of aryl methyl sites for hydroxylation is 1. The highest BCUT2D eigenvalue weighted by molar-refractivity contribution is 5.81. The number of aliphatic imine (C=N–C) groups is 1. The van der Waals surface area contributed by atoms with Gasteiger partial charge in [0, 0.05) is 6.21 Å². The van der Waals surface area contributed by atoms with Gasteiger partial charge in [0.25, 0.3) is 0 Å². The zero-order valence-corrected chi connectivity index (χ0v) is 11.0. The first-order chi connectivity index (χ1) is 9.31. The molecular formula is C17H16N2. The van der Waals surface area contributed by atoms with E-state index in [0.717, 1.165) is 17.7 Å². The summed E-state index contributed by atoms with van der Waals surface area (Å²) >= 11 is 0. The van der Waals surface area contributed by atoms with Crippen LogP contribution >= 0.6 is 0 Å². The van der Waals surface area contributed by atoms with Crippen LogP contribution in [0, 0.1) is 11.3 Å². The molecule has 19 heavy (non-hydrogen) atoms. The Balaban J connectivity index is 2.07. The molecular weight excluding hydrogens is 232 g/mol. The van der Waals surface area contributed by atoms with Crippen molar-refractivity contribution in [1.82, 2.24) is 0 Å². The largest absolute Gasteiger partial charge is 0.256 e. The molecule has 2 aromatic carbocycles. The van der Waals surface area contributed by atoms with Gasteiger partial charge in [0.2, 0.25) is 0 Å². The molecule has 0 radical (unpaired) electrons. The molecule has 0 aliphatic carbocycles. The van der Waals surface area contributed by atoms with E-state index in [9.17, 15) is 0 Å². The Labute approximate surface area is 114 Å². The molecule has 0 saturated carbocycles. The second-order valence-electron chi connectivity index (χ2n) is 4.41. The minimum Gasteiger partial charge on any atom is -0.256 e. The number of nitrogens with zero attached hydrogens (tertiary/aromatic N) is 2. The molecule has 2 rings (SSSR count). The molecule has 94 valence electrons. The molecule has 0 heterocycles. The summed E-state index contributed by atoms with van der Waals surface area (Å²) < 4.78 is 0. The predicted molar refractivity (Wildman–Crippen MR) is 78.8 cm³/mol. The van der Waals surface area contributed by atoms with E-state index in [1.165, 1.54) is 12.0 Å². The van der Waals surface area contributed by atoms with E-state index < -0.39 is 0 Å². The van der Waals surface area contributed by atoms with Gasteiger partial charge in [-0.15, -0.1) is 0 Å². The molecule has 0 aromatic heterocycles. The van der Waals surface area contributed by atoms with E-state index in [1.54, 1.807) is 12.1 Å². The highest BCUT2D eigenvalue weighted by Gasteiger charge is 1.93. The van der Waals surface area contributed by atoms with Gasteiger partial charge in [-0.3, -0.25) is 4.99 Å². The maximum atomic E-state index is 8.72. The molecule has 0 aliphatic rings. The van der Waals surface area contributed by atoms with Crippen LogP contribution in [0.25, 0.3) is 0 Å². The van der Waals surface area contributed by atoms with Gasteiger partial charge in [0.15, 0.2) is 0 Å². The van der Waals surface area contributed by atoms with Crippen LogP contribution in [-0.2, 0) is 6.42 Å². The molecule has 0 amide bonds. The lowest BCUT2D eigenvalue weighted by Gasteiger charge is -1.99. The Morgan fingerprint density at radius 2 is 1.74 bits per heavy atom. The third-order valence-corrected chi connectivity index (χ3v) is 2.88. The Morgan fingerprint density at radius 3 is 2.32 bits per heavy atom. The fraction of sp³-hybridized carbons (Fsp3) is 0.176. The molecule has 0 N–H and O–H groups in total. The van der Waals surface area contributed by atoms with E-state index in [1.807, 2.05) is 18.3 Å². The normalized spacial score (nSPS) is 10.5.